The third-order valence-corrected chi connectivity index (χ3v) is 3.47. The second kappa shape index (κ2) is 8.18. The normalized spacial score (nSPS) is 11.3. The Labute approximate surface area is 139 Å². The Bertz CT molecular complexity index is 693. The van der Waals surface area contributed by atoms with Crippen LogP contribution in [0.25, 0.3) is 0 Å². The van der Waals surface area contributed by atoms with E-state index in [0.29, 0.717) is 22.7 Å². The van der Waals surface area contributed by atoms with Gasteiger partial charge in [0, 0.05) is 10.7 Å². The maximum atomic E-state index is 11.9. The van der Waals surface area contributed by atoms with Gasteiger partial charge in [0.25, 0.3) is 0 Å². The van der Waals surface area contributed by atoms with Crippen LogP contribution in [0.4, 0.5) is 10.5 Å². The molecule has 118 valence electrons. The van der Waals surface area contributed by atoms with Crippen LogP contribution < -0.4 is 10.6 Å². The van der Waals surface area contributed by atoms with Crippen molar-refractivity contribution in [3.63, 3.8) is 0 Å². The highest BCUT2D eigenvalue weighted by Gasteiger charge is 2.12. The number of carbonyl (C=O) groups is 1. The SMILES string of the molecule is N#Cc1ccc(CC(CO)NC(=O)Nc2ccc(Cl)cc2)cc1. The van der Waals surface area contributed by atoms with Gasteiger partial charge in [-0.2, -0.15) is 5.26 Å². The smallest absolute Gasteiger partial charge is 0.319 e. The third kappa shape index (κ3) is 5.29. The molecule has 6 heteroatoms. The van der Waals surface area contributed by atoms with Crippen molar-refractivity contribution < 1.29 is 9.90 Å². The molecule has 1 atom stereocenters. The lowest BCUT2D eigenvalue weighted by Crippen LogP contribution is -2.41. The Morgan fingerprint density at radius 2 is 1.83 bits per heavy atom. The summed E-state index contributed by atoms with van der Waals surface area (Å²) in [4.78, 5) is 11.9. The summed E-state index contributed by atoms with van der Waals surface area (Å²) in [5, 5.41) is 24.2. The lowest BCUT2D eigenvalue weighted by molar-refractivity contribution is 0.224. The number of hydrogen-bond donors (Lipinski definition) is 3. The molecule has 0 aliphatic rings. The van der Waals surface area contributed by atoms with E-state index in [1.165, 1.54) is 0 Å². The van der Waals surface area contributed by atoms with Gasteiger partial charge < -0.3 is 15.7 Å². The Morgan fingerprint density at radius 1 is 1.17 bits per heavy atom. The molecule has 2 aromatic rings. The molecule has 0 aliphatic carbocycles. The number of nitriles is 1. The van der Waals surface area contributed by atoms with Gasteiger partial charge in [0.1, 0.15) is 0 Å². The van der Waals surface area contributed by atoms with Crippen LogP contribution in [0.3, 0.4) is 0 Å². The zero-order chi connectivity index (χ0) is 16.7. The van der Waals surface area contributed by atoms with Crippen LogP contribution in [0.2, 0.25) is 5.02 Å². The number of benzene rings is 2. The summed E-state index contributed by atoms with van der Waals surface area (Å²) in [6.45, 7) is -0.186. The van der Waals surface area contributed by atoms with Crippen LogP contribution in [0.5, 0.6) is 0 Å². The molecular formula is C17H16ClN3O2. The van der Waals surface area contributed by atoms with E-state index in [1.54, 1.807) is 48.5 Å². The number of aliphatic hydroxyl groups excluding tert-OH is 1. The lowest BCUT2D eigenvalue weighted by Gasteiger charge is -2.17. The minimum atomic E-state index is -0.421. The van der Waals surface area contributed by atoms with E-state index in [2.05, 4.69) is 10.6 Å². The Morgan fingerprint density at radius 3 is 2.39 bits per heavy atom. The average Bonchev–Trinajstić information content (AvgIpc) is 2.57. The first-order chi connectivity index (χ1) is 11.1. The number of aliphatic hydroxyl groups is 1. The fourth-order valence-corrected chi connectivity index (χ4v) is 2.17. The molecule has 1 unspecified atom stereocenters. The van der Waals surface area contributed by atoms with Crippen LogP contribution in [0.15, 0.2) is 48.5 Å². The number of anilines is 1. The average molecular weight is 330 g/mol. The lowest BCUT2D eigenvalue weighted by atomic mass is 10.1. The molecule has 0 saturated carbocycles. The maximum Gasteiger partial charge on any atom is 0.319 e. The number of amides is 2. The van der Waals surface area contributed by atoms with Gasteiger partial charge in [0.15, 0.2) is 0 Å². The highest BCUT2D eigenvalue weighted by atomic mass is 35.5. The molecule has 0 fully saturated rings. The van der Waals surface area contributed by atoms with Gasteiger partial charge in [-0.25, -0.2) is 4.79 Å². The molecule has 0 bridgehead atoms. The fraction of sp³-hybridized carbons (Fsp3) is 0.176. The van der Waals surface area contributed by atoms with Crippen molar-refractivity contribution in [3.8, 4) is 6.07 Å². The predicted molar refractivity (Wildman–Crippen MR) is 89.3 cm³/mol. The highest BCUT2D eigenvalue weighted by molar-refractivity contribution is 6.30. The monoisotopic (exact) mass is 329 g/mol. The number of rotatable bonds is 5. The van der Waals surface area contributed by atoms with E-state index in [-0.39, 0.29) is 6.61 Å². The first-order valence-corrected chi connectivity index (χ1v) is 7.41. The van der Waals surface area contributed by atoms with Crippen LogP contribution in [-0.2, 0) is 6.42 Å². The fourth-order valence-electron chi connectivity index (χ4n) is 2.05. The van der Waals surface area contributed by atoms with Crippen LogP contribution in [0.1, 0.15) is 11.1 Å². The summed E-state index contributed by atoms with van der Waals surface area (Å²) in [5.74, 6) is 0. The molecule has 23 heavy (non-hydrogen) atoms. The van der Waals surface area contributed by atoms with Gasteiger partial charge in [0.05, 0.1) is 24.3 Å². The molecule has 0 radical (unpaired) electrons. The van der Waals surface area contributed by atoms with Gasteiger partial charge in [-0.15, -0.1) is 0 Å². The Hall–Kier alpha value is -2.55. The molecule has 0 heterocycles. The second-order valence-electron chi connectivity index (χ2n) is 5.00. The Kier molecular flexibility index (Phi) is 5.98. The minimum Gasteiger partial charge on any atom is -0.394 e. The Balaban J connectivity index is 1.91. The standard InChI is InChI=1S/C17H16ClN3O2/c18-14-5-7-15(8-6-14)20-17(23)21-16(11-22)9-12-1-3-13(10-19)4-2-12/h1-8,16,22H,9,11H2,(H2,20,21,23). The summed E-state index contributed by atoms with van der Waals surface area (Å²) in [7, 11) is 0. The first kappa shape index (κ1) is 16.8. The topological polar surface area (TPSA) is 85.2 Å². The van der Waals surface area contributed by atoms with E-state index in [1.807, 2.05) is 6.07 Å². The van der Waals surface area contributed by atoms with Gasteiger partial charge in [-0.1, -0.05) is 23.7 Å². The molecule has 0 aromatic heterocycles. The van der Waals surface area contributed by atoms with Gasteiger partial charge in [0.2, 0.25) is 0 Å². The summed E-state index contributed by atoms with van der Waals surface area (Å²) in [6.07, 6.45) is 0.468. The number of hydrogen-bond acceptors (Lipinski definition) is 3. The molecule has 0 aliphatic heterocycles. The van der Waals surface area contributed by atoms with Crippen molar-refractivity contribution in [1.82, 2.24) is 5.32 Å². The van der Waals surface area contributed by atoms with Crippen LogP contribution in [0, 0.1) is 11.3 Å². The van der Waals surface area contributed by atoms with Gasteiger partial charge in [-0.05, 0) is 48.4 Å². The summed E-state index contributed by atoms with van der Waals surface area (Å²) >= 11 is 5.79. The van der Waals surface area contributed by atoms with E-state index in [9.17, 15) is 9.90 Å². The minimum absolute atomic E-state index is 0.186. The van der Waals surface area contributed by atoms with Crippen molar-refractivity contribution in [2.45, 2.75) is 12.5 Å². The zero-order valence-electron chi connectivity index (χ0n) is 12.3. The first-order valence-electron chi connectivity index (χ1n) is 7.03. The van der Waals surface area contributed by atoms with Crippen LogP contribution in [-0.4, -0.2) is 23.8 Å². The van der Waals surface area contributed by atoms with Crippen molar-refractivity contribution in [2.75, 3.05) is 11.9 Å². The molecule has 5 nitrogen and oxygen atoms in total. The number of urea groups is 1. The van der Waals surface area contributed by atoms with E-state index >= 15 is 0 Å². The molecule has 2 aromatic carbocycles. The van der Waals surface area contributed by atoms with E-state index in [0.717, 1.165) is 5.56 Å². The number of nitrogens with one attached hydrogen (secondary N) is 2. The summed E-state index contributed by atoms with van der Waals surface area (Å²) < 4.78 is 0. The van der Waals surface area contributed by atoms with Crippen molar-refractivity contribution >= 4 is 23.3 Å². The zero-order valence-corrected chi connectivity index (χ0v) is 13.0. The third-order valence-electron chi connectivity index (χ3n) is 3.22. The summed E-state index contributed by atoms with van der Waals surface area (Å²) in [6, 6.07) is 15.0. The molecule has 0 saturated heterocycles. The summed E-state index contributed by atoms with van der Waals surface area (Å²) in [5.41, 5.74) is 2.11. The highest BCUT2D eigenvalue weighted by Crippen LogP contribution is 2.13. The van der Waals surface area contributed by atoms with Crippen LogP contribution >= 0.6 is 11.6 Å². The van der Waals surface area contributed by atoms with E-state index in [4.69, 9.17) is 16.9 Å². The number of carbonyl (C=O) groups excluding carboxylic acids is 1. The second-order valence-corrected chi connectivity index (χ2v) is 5.43. The number of halogens is 1. The molecular weight excluding hydrogens is 314 g/mol. The molecule has 0 spiro atoms. The largest absolute Gasteiger partial charge is 0.394 e. The maximum absolute atomic E-state index is 11.9. The van der Waals surface area contributed by atoms with Crippen molar-refractivity contribution in [3.05, 3.63) is 64.7 Å². The quantitative estimate of drug-likeness (QED) is 0.788. The number of nitrogens with zero attached hydrogens (tertiary/aromatic N) is 1. The van der Waals surface area contributed by atoms with Gasteiger partial charge >= 0.3 is 6.03 Å². The molecule has 3 N–H and O–H groups in total. The van der Waals surface area contributed by atoms with Crippen molar-refractivity contribution in [2.24, 2.45) is 0 Å². The van der Waals surface area contributed by atoms with E-state index < -0.39 is 12.1 Å². The molecule has 2 amide bonds. The van der Waals surface area contributed by atoms with Gasteiger partial charge in [-0.3, -0.25) is 0 Å². The van der Waals surface area contributed by atoms with Crippen molar-refractivity contribution in [1.29, 1.82) is 5.26 Å². The predicted octanol–water partition coefficient (Wildman–Crippen LogP) is 2.94. The molecule has 2 rings (SSSR count).